The lowest BCUT2D eigenvalue weighted by molar-refractivity contribution is -0.139. The van der Waals surface area contributed by atoms with Crippen LogP contribution in [0.3, 0.4) is 0 Å². The number of para-hydroxylation sites is 2. The minimum Gasteiger partial charge on any atom is -0.492 e. The van der Waals surface area contributed by atoms with Crippen molar-refractivity contribution in [3.05, 3.63) is 89.2 Å². The van der Waals surface area contributed by atoms with Crippen molar-refractivity contribution in [2.24, 2.45) is 0 Å². The Hall–Kier alpha value is -3.63. The molecule has 3 rings (SSSR count). The van der Waals surface area contributed by atoms with Gasteiger partial charge in [-0.1, -0.05) is 55.3 Å². The predicted octanol–water partition coefficient (Wildman–Crippen LogP) is 5.41. The van der Waals surface area contributed by atoms with E-state index < -0.39 is 40.2 Å². The number of nitrogens with zero attached hydrogens (tertiary/aromatic N) is 2. The van der Waals surface area contributed by atoms with Crippen LogP contribution in [-0.2, 0) is 26.2 Å². The Bertz CT molecular complexity index is 1440. The number of amides is 2. The van der Waals surface area contributed by atoms with Gasteiger partial charge in [0.15, 0.2) is 0 Å². The molecule has 11 heteroatoms. The number of carbonyl (C=O) groups is 2. The van der Waals surface area contributed by atoms with E-state index in [0.717, 1.165) is 17.1 Å². The smallest absolute Gasteiger partial charge is 0.264 e. The summed E-state index contributed by atoms with van der Waals surface area (Å²) in [5.74, 6) is -1.41. The molecule has 2 amide bonds. The Morgan fingerprint density at radius 2 is 1.66 bits per heavy atom. The van der Waals surface area contributed by atoms with E-state index >= 15 is 0 Å². The second kappa shape index (κ2) is 14.8. The molecule has 3 aromatic carbocycles. The number of unbranched alkanes of at least 4 members (excludes halogenated alkanes) is 1. The van der Waals surface area contributed by atoms with Crippen LogP contribution in [0, 0.1) is 5.82 Å². The van der Waals surface area contributed by atoms with Crippen molar-refractivity contribution in [1.82, 2.24) is 10.2 Å². The SMILES string of the molecule is CCCCNC(=O)[C@H](C)N(Cc1ccccc1F)C(=O)CN(c1ccccc1OCC)S(=O)(=O)c1ccc(Cl)cc1. The third-order valence-corrected chi connectivity index (χ3v) is 8.44. The molecule has 1 N–H and O–H groups in total. The van der Waals surface area contributed by atoms with Gasteiger partial charge in [0, 0.05) is 23.7 Å². The largest absolute Gasteiger partial charge is 0.492 e. The summed E-state index contributed by atoms with van der Waals surface area (Å²) >= 11 is 5.99. The Kier molecular flexibility index (Phi) is 11.5. The standard InChI is InChI=1S/C30H35ClFN3O5S/c1-4-6-19-33-30(37)22(3)34(20-23-11-7-8-12-26(23)32)29(36)21-35(27-13-9-10-14-28(27)40-5-2)41(38,39)25-17-15-24(31)16-18-25/h7-18,22H,4-6,19-21H2,1-3H3,(H,33,37)/t22-/m0/s1. The van der Waals surface area contributed by atoms with E-state index in [1.807, 2.05) is 6.92 Å². The minimum absolute atomic E-state index is 0.0907. The number of anilines is 1. The maximum absolute atomic E-state index is 14.7. The van der Waals surface area contributed by atoms with Crippen LogP contribution in [0.5, 0.6) is 5.75 Å². The highest BCUT2D eigenvalue weighted by molar-refractivity contribution is 7.92. The number of ether oxygens (including phenoxy) is 1. The molecule has 0 saturated heterocycles. The molecule has 0 fully saturated rings. The fraction of sp³-hybridized carbons (Fsp3) is 0.333. The third kappa shape index (κ3) is 8.20. The summed E-state index contributed by atoms with van der Waals surface area (Å²) in [7, 11) is -4.31. The van der Waals surface area contributed by atoms with E-state index in [1.165, 1.54) is 60.4 Å². The summed E-state index contributed by atoms with van der Waals surface area (Å²) in [6.07, 6.45) is 1.62. The number of nitrogens with one attached hydrogen (secondary N) is 1. The van der Waals surface area contributed by atoms with E-state index in [9.17, 15) is 22.4 Å². The molecule has 0 spiro atoms. The first kappa shape index (κ1) is 31.9. The number of rotatable bonds is 14. The second-order valence-corrected chi connectivity index (χ2v) is 11.6. The first-order chi connectivity index (χ1) is 19.6. The molecule has 0 saturated carbocycles. The first-order valence-corrected chi connectivity index (χ1v) is 15.2. The van der Waals surface area contributed by atoms with Gasteiger partial charge in [-0.25, -0.2) is 12.8 Å². The summed E-state index contributed by atoms with van der Waals surface area (Å²) in [4.78, 5) is 28.1. The van der Waals surface area contributed by atoms with E-state index in [1.54, 1.807) is 31.2 Å². The van der Waals surface area contributed by atoms with E-state index in [2.05, 4.69) is 5.32 Å². The van der Waals surface area contributed by atoms with Crippen LogP contribution in [0.25, 0.3) is 0 Å². The zero-order valence-corrected chi connectivity index (χ0v) is 24.9. The highest BCUT2D eigenvalue weighted by Gasteiger charge is 2.34. The van der Waals surface area contributed by atoms with Crippen molar-refractivity contribution in [3.8, 4) is 5.75 Å². The third-order valence-electron chi connectivity index (χ3n) is 6.41. The van der Waals surface area contributed by atoms with Gasteiger partial charge in [0.05, 0.1) is 17.2 Å². The van der Waals surface area contributed by atoms with Gasteiger partial charge in [0.2, 0.25) is 11.8 Å². The fourth-order valence-electron chi connectivity index (χ4n) is 4.12. The Morgan fingerprint density at radius 3 is 2.32 bits per heavy atom. The van der Waals surface area contributed by atoms with Crippen molar-refractivity contribution in [1.29, 1.82) is 0 Å². The van der Waals surface area contributed by atoms with Gasteiger partial charge in [0.25, 0.3) is 10.0 Å². The average Bonchev–Trinajstić information content (AvgIpc) is 2.96. The molecule has 8 nitrogen and oxygen atoms in total. The number of hydrogen-bond donors (Lipinski definition) is 1. The van der Waals surface area contributed by atoms with Gasteiger partial charge in [-0.15, -0.1) is 0 Å². The maximum atomic E-state index is 14.7. The van der Waals surface area contributed by atoms with Crippen LogP contribution >= 0.6 is 11.6 Å². The van der Waals surface area contributed by atoms with Gasteiger partial charge in [-0.05, 0) is 62.7 Å². The summed E-state index contributed by atoms with van der Waals surface area (Å²) in [5, 5.41) is 3.15. The van der Waals surface area contributed by atoms with Crippen LogP contribution in [-0.4, -0.2) is 50.9 Å². The molecule has 0 unspecified atom stereocenters. The van der Waals surface area contributed by atoms with Gasteiger partial charge >= 0.3 is 0 Å². The molecule has 0 aliphatic carbocycles. The molecule has 41 heavy (non-hydrogen) atoms. The predicted molar refractivity (Wildman–Crippen MR) is 158 cm³/mol. The summed E-state index contributed by atoms with van der Waals surface area (Å²) in [6.45, 7) is 5.04. The molecule has 0 aromatic heterocycles. The van der Waals surface area contributed by atoms with Gasteiger partial charge in [-0.3, -0.25) is 13.9 Å². The maximum Gasteiger partial charge on any atom is 0.264 e. The molecule has 220 valence electrons. The summed E-state index contributed by atoms with van der Waals surface area (Å²) < 4.78 is 49.2. The Balaban J connectivity index is 2.06. The Morgan fingerprint density at radius 1 is 1.00 bits per heavy atom. The summed E-state index contributed by atoms with van der Waals surface area (Å²) in [5.41, 5.74) is 0.333. The molecule has 1 atom stereocenters. The van der Waals surface area contributed by atoms with Crippen LogP contribution < -0.4 is 14.4 Å². The summed E-state index contributed by atoms with van der Waals surface area (Å²) in [6, 6.07) is 17.0. The molecule has 0 aliphatic rings. The molecule has 0 aliphatic heterocycles. The molecule has 3 aromatic rings. The topological polar surface area (TPSA) is 96.0 Å². The van der Waals surface area contributed by atoms with Gasteiger partial charge < -0.3 is 15.0 Å². The Labute approximate surface area is 246 Å². The molecular formula is C30H35ClFN3O5S. The molecule has 0 radical (unpaired) electrons. The van der Waals surface area contributed by atoms with Crippen LogP contribution in [0.2, 0.25) is 5.02 Å². The quantitative estimate of drug-likeness (QED) is 0.249. The zero-order valence-electron chi connectivity index (χ0n) is 23.3. The first-order valence-electron chi connectivity index (χ1n) is 13.4. The van der Waals surface area contributed by atoms with Crippen molar-refractivity contribution < 1.29 is 27.1 Å². The van der Waals surface area contributed by atoms with Gasteiger partial charge in [0.1, 0.15) is 24.2 Å². The van der Waals surface area contributed by atoms with Crippen LogP contribution in [0.15, 0.2) is 77.7 Å². The average molecular weight is 604 g/mol. The normalized spacial score (nSPS) is 11.9. The number of hydrogen-bond acceptors (Lipinski definition) is 5. The second-order valence-electron chi connectivity index (χ2n) is 9.30. The minimum atomic E-state index is -4.31. The van der Waals surface area contributed by atoms with E-state index in [-0.39, 0.29) is 35.0 Å². The lowest BCUT2D eigenvalue weighted by Gasteiger charge is -2.32. The van der Waals surface area contributed by atoms with Crippen molar-refractivity contribution in [3.63, 3.8) is 0 Å². The lowest BCUT2D eigenvalue weighted by Crippen LogP contribution is -2.51. The van der Waals surface area contributed by atoms with Crippen molar-refractivity contribution in [2.75, 3.05) is 24.0 Å². The molecule has 0 heterocycles. The monoisotopic (exact) mass is 603 g/mol. The van der Waals surface area contributed by atoms with E-state index in [0.29, 0.717) is 11.6 Å². The number of benzene rings is 3. The molecule has 0 bridgehead atoms. The number of carbonyl (C=O) groups excluding carboxylic acids is 2. The van der Waals surface area contributed by atoms with Gasteiger partial charge in [-0.2, -0.15) is 0 Å². The van der Waals surface area contributed by atoms with Crippen molar-refractivity contribution >= 4 is 39.1 Å². The lowest BCUT2D eigenvalue weighted by atomic mass is 10.1. The highest BCUT2D eigenvalue weighted by Crippen LogP contribution is 2.33. The number of sulfonamides is 1. The number of halogens is 2. The zero-order chi connectivity index (χ0) is 30.0. The van der Waals surface area contributed by atoms with E-state index in [4.69, 9.17) is 16.3 Å². The fourth-order valence-corrected chi connectivity index (χ4v) is 5.67. The van der Waals surface area contributed by atoms with Crippen LogP contribution in [0.4, 0.5) is 10.1 Å². The van der Waals surface area contributed by atoms with Crippen molar-refractivity contribution in [2.45, 2.75) is 51.1 Å². The molecular weight excluding hydrogens is 569 g/mol. The van der Waals surface area contributed by atoms with Crippen LogP contribution in [0.1, 0.15) is 39.2 Å². The highest BCUT2D eigenvalue weighted by atomic mass is 35.5.